The van der Waals surface area contributed by atoms with Gasteiger partial charge in [-0.25, -0.2) is 0 Å². The molecule has 0 aliphatic rings. The van der Waals surface area contributed by atoms with Crippen molar-refractivity contribution in [1.29, 1.82) is 0 Å². The summed E-state index contributed by atoms with van der Waals surface area (Å²) in [5, 5.41) is 10.6. The van der Waals surface area contributed by atoms with E-state index < -0.39 is 4.92 Å². The molecule has 0 saturated heterocycles. The highest BCUT2D eigenvalue weighted by atomic mass is 16.6. The number of benzene rings is 2. The summed E-state index contributed by atoms with van der Waals surface area (Å²) < 4.78 is 0. The number of carbonyl (C=O) groups is 1. The Morgan fingerprint density at radius 1 is 1.12 bits per heavy atom. The monoisotopic (exact) mass is 324 g/mol. The third kappa shape index (κ3) is 4.78. The van der Waals surface area contributed by atoms with E-state index in [9.17, 15) is 14.9 Å². The second-order valence-corrected chi connectivity index (χ2v) is 5.73. The highest BCUT2D eigenvalue weighted by Gasteiger charge is 2.14. The lowest BCUT2D eigenvalue weighted by molar-refractivity contribution is -0.384. The van der Waals surface area contributed by atoms with Crippen molar-refractivity contribution in [3.8, 4) is 0 Å². The number of nitro benzene ring substituents is 1. The molecule has 0 fully saturated rings. The molecule has 2 aromatic rings. The third-order valence-corrected chi connectivity index (χ3v) is 3.62. The highest BCUT2D eigenvalue weighted by molar-refractivity contribution is 5.92. The van der Waals surface area contributed by atoms with Gasteiger partial charge in [-0.05, 0) is 43.2 Å². The molecule has 0 atom stereocenters. The highest BCUT2D eigenvalue weighted by Crippen LogP contribution is 2.14. The van der Waals surface area contributed by atoms with Crippen LogP contribution in [0.3, 0.4) is 0 Å². The summed E-state index contributed by atoms with van der Waals surface area (Å²) in [6, 6.07) is 16.0. The van der Waals surface area contributed by atoms with Gasteiger partial charge in [-0.3, -0.25) is 14.9 Å². The lowest BCUT2D eigenvalue weighted by atomic mass is 10.1. The molecule has 0 spiro atoms. The van der Waals surface area contributed by atoms with E-state index in [-0.39, 0.29) is 17.6 Å². The van der Waals surface area contributed by atoms with Gasteiger partial charge in [-0.1, -0.05) is 30.3 Å². The molecule has 0 aliphatic heterocycles. The minimum atomic E-state index is -0.445. The largest absolute Gasteiger partial charge is 0.332 e. The van der Waals surface area contributed by atoms with Gasteiger partial charge in [0.1, 0.15) is 0 Å². The maximum Gasteiger partial charge on any atom is 0.269 e. The molecule has 2 rings (SSSR count). The second kappa shape index (κ2) is 8.06. The molecular formula is C19H20N2O3. The van der Waals surface area contributed by atoms with Gasteiger partial charge in [0.25, 0.3) is 5.69 Å². The van der Waals surface area contributed by atoms with Crippen molar-refractivity contribution >= 4 is 17.7 Å². The zero-order valence-electron chi connectivity index (χ0n) is 13.8. The van der Waals surface area contributed by atoms with E-state index >= 15 is 0 Å². The zero-order chi connectivity index (χ0) is 17.5. The number of nitrogens with zero attached hydrogens (tertiary/aromatic N) is 2. The van der Waals surface area contributed by atoms with E-state index in [2.05, 4.69) is 0 Å². The molecule has 0 aromatic heterocycles. The normalized spacial score (nSPS) is 11.0. The van der Waals surface area contributed by atoms with Gasteiger partial charge in [-0.2, -0.15) is 0 Å². The maximum absolute atomic E-state index is 12.5. The molecule has 5 nitrogen and oxygen atoms in total. The molecule has 0 bridgehead atoms. The predicted molar refractivity (Wildman–Crippen MR) is 94.3 cm³/mol. The Balaban J connectivity index is 2.08. The number of rotatable bonds is 6. The Hall–Kier alpha value is -2.95. The van der Waals surface area contributed by atoms with Gasteiger partial charge in [0, 0.05) is 30.8 Å². The van der Waals surface area contributed by atoms with Crippen LogP contribution in [0.1, 0.15) is 25.0 Å². The average molecular weight is 324 g/mol. The quantitative estimate of drug-likeness (QED) is 0.457. The summed E-state index contributed by atoms with van der Waals surface area (Å²) in [5.41, 5.74) is 1.85. The van der Waals surface area contributed by atoms with Crippen LogP contribution in [-0.2, 0) is 11.3 Å². The number of amides is 1. The van der Waals surface area contributed by atoms with Gasteiger partial charge >= 0.3 is 0 Å². The first-order chi connectivity index (χ1) is 11.5. The summed E-state index contributed by atoms with van der Waals surface area (Å²) in [6.07, 6.45) is 3.18. The molecule has 24 heavy (non-hydrogen) atoms. The minimum Gasteiger partial charge on any atom is -0.332 e. The molecule has 0 heterocycles. The molecule has 0 unspecified atom stereocenters. The van der Waals surface area contributed by atoms with Gasteiger partial charge < -0.3 is 4.90 Å². The zero-order valence-corrected chi connectivity index (χ0v) is 13.8. The van der Waals surface area contributed by atoms with Crippen LogP contribution in [0.25, 0.3) is 6.08 Å². The summed E-state index contributed by atoms with van der Waals surface area (Å²) in [6.45, 7) is 4.49. The van der Waals surface area contributed by atoms with Gasteiger partial charge in [0.05, 0.1) is 4.92 Å². The first-order valence-corrected chi connectivity index (χ1v) is 7.74. The number of hydrogen-bond donors (Lipinski definition) is 0. The molecule has 124 valence electrons. The summed E-state index contributed by atoms with van der Waals surface area (Å²) in [4.78, 5) is 24.4. The lowest BCUT2D eigenvalue weighted by Gasteiger charge is -2.25. The topological polar surface area (TPSA) is 63.5 Å². The number of non-ortho nitro benzene ring substituents is 1. The van der Waals surface area contributed by atoms with Crippen LogP contribution < -0.4 is 0 Å². The molecular weight excluding hydrogens is 304 g/mol. The Morgan fingerprint density at radius 3 is 2.29 bits per heavy atom. The number of carbonyl (C=O) groups excluding carboxylic acids is 1. The van der Waals surface area contributed by atoms with E-state index in [0.29, 0.717) is 6.54 Å². The van der Waals surface area contributed by atoms with Crippen LogP contribution in [0, 0.1) is 10.1 Å². The van der Waals surface area contributed by atoms with E-state index in [1.807, 2.05) is 44.2 Å². The Labute approximate surface area is 141 Å². The van der Waals surface area contributed by atoms with Crippen LogP contribution in [0.2, 0.25) is 0 Å². The molecule has 0 aliphatic carbocycles. The van der Waals surface area contributed by atoms with Crippen molar-refractivity contribution in [3.63, 3.8) is 0 Å². The van der Waals surface area contributed by atoms with E-state index in [1.54, 1.807) is 23.1 Å². The average Bonchev–Trinajstić information content (AvgIpc) is 2.58. The van der Waals surface area contributed by atoms with E-state index in [4.69, 9.17) is 0 Å². The van der Waals surface area contributed by atoms with Gasteiger partial charge in [0.15, 0.2) is 0 Å². The summed E-state index contributed by atoms with van der Waals surface area (Å²) >= 11 is 0. The van der Waals surface area contributed by atoms with E-state index in [1.165, 1.54) is 18.2 Å². The van der Waals surface area contributed by atoms with Gasteiger partial charge in [0.2, 0.25) is 5.91 Å². The third-order valence-electron chi connectivity index (χ3n) is 3.62. The second-order valence-electron chi connectivity index (χ2n) is 5.73. The maximum atomic E-state index is 12.5. The SMILES string of the molecule is CC(C)N(Cc1ccccc1)C(=O)C=Cc1ccc([N+](=O)[O-])cc1. The summed E-state index contributed by atoms with van der Waals surface area (Å²) in [7, 11) is 0. The fourth-order valence-corrected chi connectivity index (χ4v) is 2.27. The van der Waals surface area contributed by atoms with Crippen molar-refractivity contribution in [2.24, 2.45) is 0 Å². The first kappa shape index (κ1) is 17.4. The first-order valence-electron chi connectivity index (χ1n) is 7.74. The van der Waals surface area contributed by atoms with Crippen molar-refractivity contribution in [2.75, 3.05) is 0 Å². The van der Waals surface area contributed by atoms with Crippen molar-refractivity contribution in [3.05, 3.63) is 81.9 Å². The Morgan fingerprint density at radius 2 is 1.75 bits per heavy atom. The minimum absolute atomic E-state index is 0.0337. The molecule has 1 amide bonds. The molecule has 0 radical (unpaired) electrons. The molecule has 0 N–H and O–H groups in total. The van der Waals surface area contributed by atoms with Crippen LogP contribution in [0.4, 0.5) is 5.69 Å². The molecule has 2 aromatic carbocycles. The lowest BCUT2D eigenvalue weighted by Crippen LogP contribution is -2.35. The van der Waals surface area contributed by atoms with Crippen molar-refractivity contribution in [2.45, 2.75) is 26.4 Å². The molecule has 5 heteroatoms. The van der Waals surface area contributed by atoms with Crippen LogP contribution in [0.5, 0.6) is 0 Å². The van der Waals surface area contributed by atoms with Crippen molar-refractivity contribution < 1.29 is 9.72 Å². The number of hydrogen-bond acceptors (Lipinski definition) is 3. The molecule has 0 saturated carbocycles. The van der Waals surface area contributed by atoms with Gasteiger partial charge in [-0.15, -0.1) is 0 Å². The fraction of sp³-hybridized carbons (Fsp3) is 0.211. The Kier molecular flexibility index (Phi) is 5.84. The van der Waals surface area contributed by atoms with E-state index in [0.717, 1.165) is 11.1 Å². The van der Waals surface area contributed by atoms with Crippen LogP contribution in [0.15, 0.2) is 60.7 Å². The predicted octanol–water partition coefficient (Wildman–Crippen LogP) is 4.05. The number of nitro groups is 1. The summed E-state index contributed by atoms with van der Waals surface area (Å²) in [5.74, 6) is -0.0906. The smallest absolute Gasteiger partial charge is 0.269 e. The van der Waals surface area contributed by atoms with Crippen LogP contribution >= 0.6 is 0 Å². The van der Waals surface area contributed by atoms with Crippen LogP contribution in [-0.4, -0.2) is 21.8 Å². The Bertz CT molecular complexity index is 722. The van der Waals surface area contributed by atoms with Crippen molar-refractivity contribution in [1.82, 2.24) is 4.90 Å². The standard InChI is InChI=1S/C19H20N2O3/c1-15(2)20(14-17-6-4-3-5-7-17)19(22)13-10-16-8-11-18(12-9-16)21(23)24/h3-13,15H,14H2,1-2H3. The fourth-order valence-electron chi connectivity index (χ4n) is 2.27.